The Labute approximate surface area is 121 Å². The number of nitrogens with one attached hydrogen (secondary N) is 1. The third kappa shape index (κ3) is 4.57. The lowest BCUT2D eigenvalue weighted by atomic mass is 10.3. The zero-order valence-electron chi connectivity index (χ0n) is 10.9. The summed E-state index contributed by atoms with van der Waals surface area (Å²) in [6, 6.07) is 7.02. The fraction of sp³-hybridized carbons (Fsp3) is 0.364. The van der Waals surface area contributed by atoms with Gasteiger partial charge in [-0.15, -0.1) is 0 Å². The number of halogens is 1. The Hall–Kier alpha value is -0.960. The van der Waals surface area contributed by atoms with E-state index in [4.69, 9.17) is 0 Å². The van der Waals surface area contributed by atoms with E-state index >= 15 is 0 Å². The van der Waals surface area contributed by atoms with Crippen LogP contribution in [0.5, 0.6) is 0 Å². The van der Waals surface area contributed by atoms with Crippen molar-refractivity contribution in [1.82, 2.24) is 8.61 Å². The molecule has 0 spiro atoms. The number of carbonyl (C=O) groups excluding carboxylic acids is 1. The minimum absolute atomic E-state index is 0.240. The van der Waals surface area contributed by atoms with Crippen LogP contribution in [0.1, 0.15) is 0 Å². The normalized spacial score (nSPS) is 11.9. The van der Waals surface area contributed by atoms with Crippen molar-refractivity contribution in [3.63, 3.8) is 0 Å². The summed E-state index contributed by atoms with van der Waals surface area (Å²) in [6.45, 7) is -0.240. The monoisotopic (exact) mass is 349 g/mol. The lowest BCUT2D eigenvalue weighted by Crippen LogP contribution is -2.41. The molecule has 0 atom stereocenters. The van der Waals surface area contributed by atoms with E-state index < -0.39 is 16.1 Å². The second-order valence-corrected chi connectivity index (χ2v) is 7.27. The molecule has 0 saturated carbocycles. The van der Waals surface area contributed by atoms with E-state index in [1.54, 1.807) is 24.3 Å². The Bertz CT molecular complexity index is 543. The summed E-state index contributed by atoms with van der Waals surface area (Å²) in [5.74, 6) is -0.393. The van der Waals surface area contributed by atoms with Gasteiger partial charge in [0.1, 0.15) is 0 Å². The number of carbonyl (C=O) groups is 1. The summed E-state index contributed by atoms with van der Waals surface area (Å²) in [5.41, 5.74) is 0.615. The second kappa shape index (κ2) is 6.47. The fourth-order valence-corrected chi connectivity index (χ4v) is 2.40. The summed E-state index contributed by atoms with van der Waals surface area (Å²) in [7, 11) is 0.615. The van der Waals surface area contributed by atoms with E-state index in [1.165, 1.54) is 21.1 Å². The van der Waals surface area contributed by atoms with Crippen molar-refractivity contribution in [3.05, 3.63) is 28.7 Å². The molecule has 0 bridgehead atoms. The van der Waals surface area contributed by atoms with Gasteiger partial charge in [0, 0.05) is 31.3 Å². The number of anilines is 1. The van der Waals surface area contributed by atoms with Crippen molar-refractivity contribution < 1.29 is 13.2 Å². The van der Waals surface area contributed by atoms with Crippen LogP contribution in [0.2, 0.25) is 0 Å². The van der Waals surface area contributed by atoms with Crippen LogP contribution in [0.15, 0.2) is 28.7 Å². The molecule has 0 unspecified atom stereocenters. The minimum atomic E-state index is -3.57. The van der Waals surface area contributed by atoms with E-state index in [2.05, 4.69) is 21.2 Å². The fourth-order valence-electron chi connectivity index (χ4n) is 1.30. The third-order valence-corrected chi connectivity index (χ3v) is 4.72. The summed E-state index contributed by atoms with van der Waals surface area (Å²) in [4.78, 5) is 11.7. The van der Waals surface area contributed by atoms with Gasteiger partial charge in [0.2, 0.25) is 5.91 Å². The molecule has 0 aromatic heterocycles. The summed E-state index contributed by atoms with van der Waals surface area (Å²) in [5, 5.41) is 2.63. The quantitative estimate of drug-likeness (QED) is 0.865. The third-order valence-electron chi connectivity index (χ3n) is 2.35. The second-order valence-electron chi connectivity index (χ2n) is 4.10. The number of benzene rings is 1. The molecular formula is C11H16BrN3O3S. The van der Waals surface area contributed by atoms with E-state index in [9.17, 15) is 13.2 Å². The average molecular weight is 350 g/mol. The van der Waals surface area contributed by atoms with Crippen molar-refractivity contribution in [1.29, 1.82) is 0 Å². The first-order chi connectivity index (χ1) is 8.73. The van der Waals surface area contributed by atoms with Crippen molar-refractivity contribution in [2.24, 2.45) is 0 Å². The Balaban J connectivity index is 2.64. The van der Waals surface area contributed by atoms with Crippen molar-refractivity contribution in [2.45, 2.75) is 0 Å². The first-order valence-corrected chi connectivity index (χ1v) is 7.61. The van der Waals surface area contributed by atoms with Crippen LogP contribution in [-0.2, 0) is 15.0 Å². The lowest BCUT2D eigenvalue weighted by Gasteiger charge is -2.20. The Morgan fingerprint density at radius 2 is 1.74 bits per heavy atom. The average Bonchev–Trinajstić information content (AvgIpc) is 2.31. The Morgan fingerprint density at radius 1 is 1.21 bits per heavy atom. The molecule has 1 rings (SSSR count). The Kier molecular flexibility index (Phi) is 5.48. The summed E-state index contributed by atoms with van der Waals surface area (Å²) < 4.78 is 26.4. The zero-order chi connectivity index (χ0) is 14.6. The van der Waals surface area contributed by atoms with Crippen LogP contribution < -0.4 is 5.32 Å². The molecule has 1 amide bonds. The molecule has 1 aromatic rings. The molecule has 19 heavy (non-hydrogen) atoms. The molecule has 8 heteroatoms. The minimum Gasteiger partial charge on any atom is -0.325 e. The SMILES string of the molecule is CN(C)S(=O)(=O)N(C)CC(=O)Nc1ccc(Br)cc1. The first-order valence-electron chi connectivity index (χ1n) is 5.42. The summed E-state index contributed by atoms with van der Waals surface area (Å²) >= 11 is 3.29. The number of likely N-dealkylation sites (N-methyl/N-ethyl adjacent to an activating group) is 1. The van der Waals surface area contributed by atoms with E-state index in [-0.39, 0.29) is 6.54 Å². The van der Waals surface area contributed by atoms with E-state index in [0.29, 0.717) is 5.69 Å². The van der Waals surface area contributed by atoms with Crippen LogP contribution >= 0.6 is 15.9 Å². The van der Waals surface area contributed by atoms with Crippen LogP contribution in [0.4, 0.5) is 5.69 Å². The standard InChI is InChI=1S/C11H16BrN3O3S/c1-14(2)19(17,18)15(3)8-11(16)13-10-6-4-9(12)5-7-10/h4-7H,8H2,1-3H3,(H,13,16). The van der Waals surface area contributed by atoms with Gasteiger partial charge in [0.25, 0.3) is 10.2 Å². The van der Waals surface area contributed by atoms with Gasteiger partial charge in [-0.25, -0.2) is 0 Å². The number of amides is 1. The predicted molar refractivity (Wildman–Crippen MR) is 78.0 cm³/mol. The number of hydrogen-bond donors (Lipinski definition) is 1. The van der Waals surface area contributed by atoms with Gasteiger partial charge in [0.15, 0.2) is 0 Å². The van der Waals surface area contributed by atoms with Gasteiger partial charge in [-0.1, -0.05) is 15.9 Å². The highest BCUT2D eigenvalue weighted by molar-refractivity contribution is 9.10. The van der Waals surface area contributed by atoms with Gasteiger partial charge >= 0.3 is 0 Å². The highest BCUT2D eigenvalue weighted by Crippen LogP contribution is 2.14. The molecule has 0 saturated heterocycles. The highest BCUT2D eigenvalue weighted by Gasteiger charge is 2.22. The summed E-state index contributed by atoms with van der Waals surface area (Å²) in [6.07, 6.45) is 0. The van der Waals surface area contributed by atoms with E-state index in [1.807, 2.05) is 0 Å². The molecule has 0 fully saturated rings. The first kappa shape index (κ1) is 16.1. The van der Waals surface area contributed by atoms with Crippen LogP contribution in [0.25, 0.3) is 0 Å². The van der Waals surface area contributed by atoms with E-state index in [0.717, 1.165) is 13.1 Å². The highest BCUT2D eigenvalue weighted by atomic mass is 79.9. The maximum Gasteiger partial charge on any atom is 0.281 e. The maximum atomic E-state index is 11.7. The molecule has 1 aromatic carbocycles. The van der Waals surface area contributed by atoms with Gasteiger partial charge in [-0.2, -0.15) is 17.0 Å². The van der Waals surface area contributed by atoms with Crippen LogP contribution in [0, 0.1) is 0 Å². The van der Waals surface area contributed by atoms with Crippen LogP contribution in [0.3, 0.4) is 0 Å². The van der Waals surface area contributed by atoms with Crippen molar-refractivity contribution in [2.75, 3.05) is 33.0 Å². The number of nitrogens with zero attached hydrogens (tertiary/aromatic N) is 2. The lowest BCUT2D eigenvalue weighted by molar-refractivity contribution is -0.116. The van der Waals surface area contributed by atoms with Gasteiger partial charge < -0.3 is 5.32 Å². The molecule has 6 nitrogen and oxygen atoms in total. The molecule has 1 N–H and O–H groups in total. The van der Waals surface area contributed by atoms with Crippen LogP contribution in [-0.4, -0.2) is 50.6 Å². The van der Waals surface area contributed by atoms with Gasteiger partial charge in [-0.3, -0.25) is 4.79 Å². The predicted octanol–water partition coefficient (Wildman–Crippen LogP) is 1.13. The van der Waals surface area contributed by atoms with Gasteiger partial charge in [-0.05, 0) is 24.3 Å². The molecule has 0 heterocycles. The van der Waals surface area contributed by atoms with Gasteiger partial charge in [0.05, 0.1) is 6.54 Å². The smallest absolute Gasteiger partial charge is 0.281 e. The topological polar surface area (TPSA) is 69.7 Å². The molecule has 106 valence electrons. The van der Waals surface area contributed by atoms with Crippen molar-refractivity contribution in [3.8, 4) is 0 Å². The molecule has 0 radical (unpaired) electrons. The number of rotatable bonds is 5. The largest absolute Gasteiger partial charge is 0.325 e. The zero-order valence-corrected chi connectivity index (χ0v) is 13.3. The molecular weight excluding hydrogens is 334 g/mol. The Morgan fingerprint density at radius 3 is 2.21 bits per heavy atom. The molecule has 0 aliphatic carbocycles. The number of hydrogen-bond acceptors (Lipinski definition) is 3. The molecule has 0 aliphatic rings. The molecule has 0 aliphatic heterocycles. The van der Waals surface area contributed by atoms with Crippen molar-refractivity contribution >= 4 is 37.7 Å². The maximum absolute atomic E-state index is 11.7.